The Balaban J connectivity index is 1.98. The third-order valence-corrected chi connectivity index (χ3v) is 4.28. The summed E-state index contributed by atoms with van der Waals surface area (Å²) < 4.78 is 14.1. The van der Waals surface area contributed by atoms with Crippen LogP contribution < -0.4 is 4.90 Å². The minimum atomic E-state index is -1.26. The molecule has 1 aromatic carbocycles. The second-order valence-electron chi connectivity index (χ2n) is 5.48. The second kappa shape index (κ2) is 4.95. The molecule has 2 amide bonds. The number of aromatic carboxylic acids is 1. The van der Waals surface area contributed by atoms with E-state index in [2.05, 4.69) is 0 Å². The van der Waals surface area contributed by atoms with Crippen LogP contribution in [-0.2, 0) is 9.59 Å². The molecule has 5 nitrogen and oxygen atoms in total. The topological polar surface area (TPSA) is 74.7 Å². The van der Waals surface area contributed by atoms with Crippen molar-refractivity contribution in [2.75, 3.05) is 4.90 Å². The van der Waals surface area contributed by atoms with Crippen LogP contribution in [0.25, 0.3) is 0 Å². The summed E-state index contributed by atoms with van der Waals surface area (Å²) in [7, 11) is 0. The number of rotatable bonds is 2. The van der Waals surface area contributed by atoms with Gasteiger partial charge >= 0.3 is 5.97 Å². The van der Waals surface area contributed by atoms with E-state index >= 15 is 0 Å². The van der Waals surface area contributed by atoms with Crippen molar-refractivity contribution in [2.45, 2.75) is 25.7 Å². The Morgan fingerprint density at radius 3 is 2.19 bits per heavy atom. The lowest BCUT2D eigenvalue weighted by Gasteiger charge is -2.19. The van der Waals surface area contributed by atoms with E-state index < -0.39 is 11.8 Å². The lowest BCUT2D eigenvalue weighted by Crippen LogP contribution is -2.31. The number of carboxylic acids is 1. The lowest BCUT2D eigenvalue weighted by molar-refractivity contribution is -0.122. The molecule has 1 heterocycles. The standard InChI is InChI=1S/C15H14FNO4/c16-11-7-8(15(20)21)5-6-12(11)17-13(18)9-3-1-2-4-10(9)14(17)19/h5-7,9-10H,1-4H2,(H,20,21). The molecule has 1 aliphatic heterocycles. The van der Waals surface area contributed by atoms with Crippen molar-refractivity contribution in [1.29, 1.82) is 0 Å². The normalized spacial score (nSPS) is 25.1. The van der Waals surface area contributed by atoms with Gasteiger partial charge < -0.3 is 5.11 Å². The number of carbonyl (C=O) groups is 3. The van der Waals surface area contributed by atoms with Crippen molar-refractivity contribution in [2.24, 2.45) is 11.8 Å². The van der Waals surface area contributed by atoms with Crippen molar-refractivity contribution in [3.05, 3.63) is 29.6 Å². The van der Waals surface area contributed by atoms with Crippen molar-refractivity contribution in [3.8, 4) is 0 Å². The third kappa shape index (κ3) is 2.11. The zero-order chi connectivity index (χ0) is 15.1. The van der Waals surface area contributed by atoms with Gasteiger partial charge in [-0.15, -0.1) is 0 Å². The van der Waals surface area contributed by atoms with Gasteiger partial charge in [0.2, 0.25) is 11.8 Å². The predicted molar refractivity (Wildman–Crippen MR) is 71.3 cm³/mol. The first-order chi connectivity index (χ1) is 10.0. The van der Waals surface area contributed by atoms with E-state index in [9.17, 15) is 18.8 Å². The average Bonchev–Trinajstić information content (AvgIpc) is 2.72. The third-order valence-electron chi connectivity index (χ3n) is 4.28. The maximum Gasteiger partial charge on any atom is 0.335 e. The fourth-order valence-electron chi connectivity index (χ4n) is 3.22. The maximum atomic E-state index is 14.1. The lowest BCUT2D eigenvalue weighted by atomic mass is 9.81. The highest BCUT2D eigenvalue weighted by Gasteiger charge is 2.49. The van der Waals surface area contributed by atoms with E-state index in [0.717, 1.165) is 23.8 Å². The number of imide groups is 1. The molecule has 1 N–H and O–H groups in total. The molecular formula is C15H14FNO4. The Hall–Kier alpha value is -2.24. The Morgan fingerprint density at radius 2 is 1.71 bits per heavy atom. The van der Waals surface area contributed by atoms with Crippen LogP contribution in [0.1, 0.15) is 36.0 Å². The number of hydrogen-bond donors (Lipinski definition) is 1. The largest absolute Gasteiger partial charge is 0.478 e. The van der Waals surface area contributed by atoms with Gasteiger partial charge in [-0.05, 0) is 31.0 Å². The number of carbonyl (C=O) groups excluding carboxylic acids is 2. The Morgan fingerprint density at radius 1 is 1.14 bits per heavy atom. The minimum absolute atomic E-state index is 0.149. The van der Waals surface area contributed by atoms with Gasteiger partial charge in [0.1, 0.15) is 5.82 Å². The summed E-state index contributed by atoms with van der Waals surface area (Å²) in [5.41, 5.74) is -0.364. The summed E-state index contributed by atoms with van der Waals surface area (Å²) >= 11 is 0. The number of carboxylic acid groups (broad SMARTS) is 1. The highest BCUT2D eigenvalue weighted by atomic mass is 19.1. The molecular weight excluding hydrogens is 277 g/mol. The highest BCUT2D eigenvalue weighted by molar-refractivity contribution is 6.22. The summed E-state index contributed by atoms with van der Waals surface area (Å²) in [6.45, 7) is 0. The highest BCUT2D eigenvalue weighted by Crippen LogP contribution is 2.40. The van der Waals surface area contributed by atoms with Crippen LogP contribution in [-0.4, -0.2) is 22.9 Å². The summed E-state index contributed by atoms with van der Waals surface area (Å²) in [6, 6.07) is 3.22. The first-order valence-electron chi connectivity index (χ1n) is 6.91. The molecule has 0 radical (unpaired) electrons. The molecule has 1 aromatic rings. The quantitative estimate of drug-likeness (QED) is 0.848. The maximum absolute atomic E-state index is 14.1. The molecule has 1 aliphatic carbocycles. The monoisotopic (exact) mass is 291 g/mol. The number of hydrogen-bond acceptors (Lipinski definition) is 3. The van der Waals surface area contributed by atoms with Crippen LogP contribution in [0.4, 0.5) is 10.1 Å². The van der Waals surface area contributed by atoms with E-state index in [4.69, 9.17) is 5.11 Å². The average molecular weight is 291 g/mol. The Labute approximate surface area is 120 Å². The molecule has 110 valence electrons. The molecule has 6 heteroatoms. The van der Waals surface area contributed by atoms with Gasteiger partial charge in [-0.1, -0.05) is 12.8 Å². The number of fused-ring (bicyclic) bond motifs is 1. The van der Waals surface area contributed by atoms with Crippen LogP contribution in [0, 0.1) is 17.7 Å². The van der Waals surface area contributed by atoms with Crippen molar-refractivity contribution in [3.63, 3.8) is 0 Å². The Kier molecular flexibility index (Phi) is 3.23. The number of halogens is 1. The summed E-state index contributed by atoms with van der Waals surface area (Å²) in [4.78, 5) is 36.4. The summed E-state index contributed by atoms with van der Waals surface area (Å²) in [5.74, 6) is -3.57. The van der Waals surface area contributed by atoms with Crippen molar-refractivity contribution in [1.82, 2.24) is 0 Å². The number of benzene rings is 1. The van der Waals surface area contributed by atoms with Gasteiger partial charge in [0, 0.05) is 0 Å². The van der Waals surface area contributed by atoms with Gasteiger partial charge in [-0.3, -0.25) is 9.59 Å². The number of amides is 2. The predicted octanol–water partition coefficient (Wildman–Crippen LogP) is 2.20. The van der Waals surface area contributed by atoms with Gasteiger partial charge in [-0.2, -0.15) is 0 Å². The fourth-order valence-corrected chi connectivity index (χ4v) is 3.22. The number of nitrogens with zero attached hydrogens (tertiary/aromatic N) is 1. The van der Waals surface area contributed by atoms with Gasteiger partial charge in [0.15, 0.2) is 0 Å². The second-order valence-corrected chi connectivity index (χ2v) is 5.48. The van der Waals surface area contributed by atoms with E-state index in [-0.39, 0.29) is 34.9 Å². The van der Waals surface area contributed by atoms with E-state index in [1.807, 2.05) is 0 Å². The molecule has 2 aliphatic rings. The first kappa shape index (κ1) is 13.7. The summed E-state index contributed by atoms with van der Waals surface area (Å²) in [5, 5.41) is 8.82. The van der Waals surface area contributed by atoms with E-state index in [1.165, 1.54) is 12.1 Å². The van der Waals surface area contributed by atoms with Gasteiger partial charge in [-0.25, -0.2) is 14.1 Å². The molecule has 1 saturated heterocycles. The van der Waals surface area contributed by atoms with Crippen LogP contribution >= 0.6 is 0 Å². The molecule has 0 bridgehead atoms. The van der Waals surface area contributed by atoms with Crippen molar-refractivity contribution >= 4 is 23.5 Å². The summed E-state index contributed by atoms with van der Waals surface area (Å²) in [6.07, 6.45) is 3.10. The zero-order valence-electron chi connectivity index (χ0n) is 11.2. The first-order valence-corrected chi connectivity index (χ1v) is 6.91. The molecule has 0 spiro atoms. The Bertz CT molecular complexity index is 619. The van der Waals surface area contributed by atoms with Gasteiger partial charge in [0.05, 0.1) is 23.1 Å². The molecule has 2 unspecified atom stereocenters. The van der Waals surface area contributed by atoms with Gasteiger partial charge in [0.25, 0.3) is 0 Å². The SMILES string of the molecule is O=C(O)c1ccc(N2C(=O)C3CCCCC3C2=O)c(F)c1. The van der Waals surface area contributed by atoms with E-state index in [0.29, 0.717) is 12.8 Å². The fraction of sp³-hybridized carbons (Fsp3) is 0.400. The zero-order valence-corrected chi connectivity index (χ0v) is 11.2. The van der Waals surface area contributed by atoms with Crippen LogP contribution in [0.5, 0.6) is 0 Å². The molecule has 3 rings (SSSR count). The molecule has 1 saturated carbocycles. The van der Waals surface area contributed by atoms with Crippen LogP contribution in [0.15, 0.2) is 18.2 Å². The molecule has 0 aromatic heterocycles. The molecule has 2 atom stereocenters. The molecule has 2 fully saturated rings. The van der Waals surface area contributed by atoms with Crippen LogP contribution in [0.3, 0.4) is 0 Å². The number of anilines is 1. The minimum Gasteiger partial charge on any atom is -0.478 e. The molecule has 21 heavy (non-hydrogen) atoms. The van der Waals surface area contributed by atoms with Crippen LogP contribution in [0.2, 0.25) is 0 Å². The smallest absolute Gasteiger partial charge is 0.335 e. The van der Waals surface area contributed by atoms with Crippen molar-refractivity contribution < 1.29 is 23.9 Å². The van der Waals surface area contributed by atoms with E-state index in [1.54, 1.807) is 0 Å².